The molecule has 0 aliphatic carbocycles. The third-order valence-electron chi connectivity index (χ3n) is 2.71. The van der Waals surface area contributed by atoms with Crippen molar-refractivity contribution in [3.05, 3.63) is 30.5 Å². The molecule has 18 heavy (non-hydrogen) atoms. The van der Waals surface area contributed by atoms with Crippen LogP contribution in [-0.2, 0) is 0 Å². The lowest BCUT2D eigenvalue weighted by Crippen LogP contribution is -2.15. The Morgan fingerprint density at radius 1 is 1.11 bits per heavy atom. The molecule has 0 saturated carbocycles. The third kappa shape index (κ3) is 1.95. The molecule has 1 aromatic carbocycles. The summed E-state index contributed by atoms with van der Waals surface area (Å²) in [6.45, 7) is 1.17. The number of hydrogen-bond donors (Lipinski definition) is 1. The van der Waals surface area contributed by atoms with E-state index in [9.17, 15) is 0 Å². The smallest absolute Gasteiger partial charge is 0.162 e. The Balaban J connectivity index is 2.00. The fourth-order valence-corrected chi connectivity index (χ4v) is 1.82. The molecule has 0 saturated heterocycles. The number of anilines is 1. The minimum atomic E-state index is 0.577. The van der Waals surface area contributed by atoms with E-state index in [4.69, 9.17) is 9.47 Å². The largest absolute Gasteiger partial charge is 0.486 e. The van der Waals surface area contributed by atoms with Gasteiger partial charge < -0.3 is 14.8 Å². The first-order valence-corrected chi connectivity index (χ1v) is 5.77. The first kappa shape index (κ1) is 10.8. The number of nitrogens with zero attached hydrogens (tertiary/aromatic N) is 2. The van der Waals surface area contributed by atoms with E-state index in [-0.39, 0.29) is 0 Å². The highest BCUT2D eigenvalue weighted by molar-refractivity contribution is 5.62. The predicted molar refractivity (Wildman–Crippen MR) is 68.0 cm³/mol. The molecular formula is C13H13N3O2. The molecule has 0 bridgehead atoms. The summed E-state index contributed by atoms with van der Waals surface area (Å²) in [7, 11) is 1.83. The maximum absolute atomic E-state index is 5.55. The molecule has 2 heterocycles. The fourth-order valence-electron chi connectivity index (χ4n) is 1.82. The maximum atomic E-state index is 5.55. The highest BCUT2D eigenvalue weighted by Crippen LogP contribution is 2.33. The number of benzene rings is 1. The highest BCUT2D eigenvalue weighted by atomic mass is 16.6. The van der Waals surface area contributed by atoms with Gasteiger partial charge >= 0.3 is 0 Å². The molecule has 1 aromatic heterocycles. The van der Waals surface area contributed by atoms with Crippen LogP contribution in [0.1, 0.15) is 0 Å². The summed E-state index contributed by atoms with van der Waals surface area (Å²) in [5.74, 6) is 2.97. The summed E-state index contributed by atoms with van der Waals surface area (Å²) in [5, 5.41) is 2.99. The van der Waals surface area contributed by atoms with Gasteiger partial charge in [-0.15, -0.1) is 0 Å². The Bertz CT molecular complexity index is 572. The minimum Gasteiger partial charge on any atom is -0.486 e. The van der Waals surface area contributed by atoms with Crippen LogP contribution in [0.25, 0.3) is 11.4 Å². The second-order valence-corrected chi connectivity index (χ2v) is 3.87. The van der Waals surface area contributed by atoms with E-state index in [0.29, 0.717) is 19.0 Å². The average molecular weight is 243 g/mol. The molecule has 1 aliphatic rings. The van der Waals surface area contributed by atoms with Crippen LogP contribution in [0.4, 0.5) is 5.82 Å². The number of fused-ring (bicyclic) bond motifs is 1. The number of nitrogens with one attached hydrogen (secondary N) is 1. The van der Waals surface area contributed by atoms with Crippen molar-refractivity contribution in [2.75, 3.05) is 25.6 Å². The van der Waals surface area contributed by atoms with Crippen molar-refractivity contribution in [1.29, 1.82) is 0 Å². The molecule has 0 amide bonds. The number of aromatic nitrogens is 2. The van der Waals surface area contributed by atoms with Crippen molar-refractivity contribution < 1.29 is 9.47 Å². The van der Waals surface area contributed by atoms with Gasteiger partial charge in [-0.3, -0.25) is 0 Å². The molecule has 92 valence electrons. The van der Waals surface area contributed by atoms with Gasteiger partial charge in [-0.2, -0.15) is 0 Å². The van der Waals surface area contributed by atoms with Gasteiger partial charge in [0.05, 0.1) is 0 Å². The van der Waals surface area contributed by atoms with E-state index < -0.39 is 0 Å². The van der Waals surface area contributed by atoms with Gasteiger partial charge in [0, 0.05) is 18.8 Å². The zero-order chi connectivity index (χ0) is 12.4. The van der Waals surface area contributed by atoms with E-state index in [1.165, 1.54) is 0 Å². The standard InChI is InChI=1S/C13H13N3O2/c1-14-12-4-5-15-13(16-12)9-2-3-10-11(8-9)18-7-6-17-10/h2-5,8H,6-7H2,1H3,(H,14,15,16). The Morgan fingerprint density at radius 3 is 2.78 bits per heavy atom. The molecular weight excluding hydrogens is 230 g/mol. The lowest BCUT2D eigenvalue weighted by Gasteiger charge is -2.18. The second-order valence-electron chi connectivity index (χ2n) is 3.87. The van der Waals surface area contributed by atoms with Gasteiger partial charge in [0.15, 0.2) is 17.3 Å². The molecule has 5 heteroatoms. The van der Waals surface area contributed by atoms with E-state index in [1.807, 2.05) is 31.3 Å². The van der Waals surface area contributed by atoms with Crippen molar-refractivity contribution >= 4 is 5.82 Å². The van der Waals surface area contributed by atoms with E-state index >= 15 is 0 Å². The van der Waals surface area contributed by atoms with Gasteiger partial charge in [0.1, 0.15) is 19.0 Å². The molecule has 0 spiro atoms. The number of hydrogen-bond acceptors (Lipinski definition) is 5. The Hall–Kier alpha value is -2.30. The van der Waals surface area contributed by atoms with Crippen LogP contribution in [0.5, 0.6) is 11.5 Å². The Kier molecular flexibility index (Phi) is 2.72. The number of rotatable bonds is 2. The zero-order valence-corrected chi connectivity index (χ0v) is 10.0. The molecule has 0 unspecified atom stereocenters. The summed E-state index contributed by atoms with van der Waals surface area (Å²) in [5.41, 5.74) is 0.913. The van der Waals surface area contributed by atoms with Crippen LogP contribution >= 0.6 is 0 Å². The highest BCUT2D eigenvalue weighted by Gasteiger charge is 2.13. The molecule has 1 aliphatic heterocycles. The van der Waals surface area contributed by atoms with Crippen molar-refractivity contribution in [2.45, 2.75) is 0 Å². The van der Waals surface area contributed by atoms with Gasteiger partial charge in [-0.25, -0.2) is 9.97 Å². The molecule has 0 fully saturated rings. The predicted octanol–water partition coefficient (Wildman–Crippen LogP) is 1.96. The quantitative estimate of drug-likeness (QED) is 0.873. The van der Waals surface area contributed by atoms with Crippen LogP contribution in [0.15, 0.2) is 30.5 Å². The first-order valence-electron chi connectivity index (χ1n) is 5.77. The van der Waals surface area contributed by atoms with Gasteiger partial charge in [0.2, 0.25) is 0 Å². The Morgan fingerprint density at radius 2 is 1.94 bits per heavy atom. The van der Waals surface area contributed by atoms with Gasteiger partial charge in [-0.05, 0) is 24.3 Å². The van der Waals surface area contributed by atoms with Crippen LogP contribution in [-0.4, -0.2) is 30.2 Å². The van der Waals surface area contributed by atoms with E-state index in [2.05, 4.69) is 15.3 Å². The fraction of sp³-hybridized carbons (Fsp3) is 0.231. The van der Waals surface area contributed by atoms with E-state index in [1.54, 1.807) is 6.20 Å². The monoisotopic (exact) mass is 243 g/mol. The van der Waals surface area contributed by atoms with Gasteiger partial charge in [0.25, 0.3) is 0 Å². The lowest BCUT2D eigenvalue weighted by molar-refractivity contribution is 0.171. The van der Waals surface area contributed by atoms with Crippen LogP contribution in [0, 0.1) is 0 Å². The zero-order valence-electron chi connectivity index (χ0n) is 10.0. The van der Waals surface area contributed by atoms with E-state index in [0.717, 1.165) is 22.9 Å². The second kappa shape index (κ2) is 4.52. The topological polar surface area (TPSA) is 56.3 Å². The summed E-state index contributed by atoms with van der Waals surface area (Å²) >= 11 is 0. The summed E-state index contributed by atoms with van der Waals surface area (Å²) in [6, 6.07) is 7.55. The summed E-state index contributed by atoms with van der Waals surface area (Å²) in [6.07, 6.45) is 1.73. The molecule has 1 N–H and O–H groups in total. The third-order valence-corrected chi connectivity index (χ3v) is 2.71. The van der Waals surface area contributed by atoms with Crippen molar-refractivity contribution in [3.8, 4) is 22.9 Å². The SMILES string of the molecule is CNc1ccnc(-c2ccc3c(c2)OCCO3)n1. The molecule has 5 nitrogen and oxygen atoms in total. The number of ether oxygens (including phenoxy) is 2. The summed E-state index contributed by atoms with van der Waals surface area (Å²) < 4.78 is 11.0. The molecule has 3 rings (SSSR count). The minimum absolute atomic E-state index is 0.577. The van der Waals surface area contributed by atoms with Crippen LogP contribution in [0.2, 0.25) is 0 Å². The molecule has 0 atom stereocenters. The van der Waals surface area contributed by atoms with Crippen LogP contribution in [0.3, 0.4) is 0 Å². The van der Waals surface area contributed by atoms with Gasteiger partial charge in [-0.1, -0.05) is 0 Å². The molecule has 0 radical (unpaired) electrons. The summed E-state index contributed by atoms with van der Waals surface area (Å²) in [4.78, 5) is 8.65. The van der Waals surface area contributed by atoms with Crippen molar-refractivity contribution in [2.24, 2.45) is 0 Å². The first-order chi connectivity index (χ1) is 8.86. The van der Waals surface area contributed by atoms with Crippen LogP contribution < -0.4 is 14.8 Å². The lowest BCUT2D eigenvalue weighted by atomic mass is 10.2. The molecule has 2 aromatic rings. The van der Waals surface area contributed by atoms with Crippen molar-refractivity contribution in [1.82, 2.24) is 9.97 Å². The van der Waals surface area contributed by atoms with Crippen molar-refractivity contribution in [3.63, 3.8) is 0 Å². The Labute approximate surface area is 105 Å². The maximum Gasteiger partial charge on any atom is 0.162 e. The average Bonchev–Trinajstić information content (AvgIpc) is 2.47. The normalized spacial score (nSPS) is 13.2.